The van der Waals surface area contributed by atoms with E-state index in [1.807, 2.05) is 7.05 Å². The van der Waals surface area contributed by atoms with Crippen molar-refractivity contribution in [3.63, 3.8) is 0 Å². The summed E-state index contributed by atoms with van der Waals surface area (Å²) in [5, 5.41) is 5.83. The number of carbonyl (C=O) groups is 1. The molecule has 2 N–H and O–H groups in total. The molecular formula is C9H20N2O2. The SMILES string of the molecule is CCCC(CNC(=O)OCC)NC. The standard InChI is InChI=1S/C9H20N2O2/c1-4-6-8(10-3)7-11-9(12)13-5-2/h8,10H,4-7H2,1-3H3,(H,11,12). The average molecular weight is 188 g/mol. The Bertz CT molecular complexity index is 140. The molecule has 0 heterocycles. The van der Waals surface area contributed by atoms with Crippen LogP contribution in [0, 0.1) is 0 Å². The normalized spacial score (nSPS) is 12.2. The zero-order valence-electron chi connectivity index (χ0n) is 8.72. The summed E-state index contributed by atoms with van der Waals surface area (Å²) >= 11 is 0. The predicted molar refractivity (Wildman–Crippen MR) is 52.8 cm³/mol. The lowest BCUT2D eigenvalue weighted by atomic mass is 10.2. The molecule has 0 aromatic heterocycles. The van der Waals surface area contributed by atoms with Gasteiger partial charge < -0.3 is 15.4 Å². The summed E-state index contributed by atoms with van der Waals surface area (Å²) in [4.78, 5) is 10.9. The van der Waals surface area contributed by atoms with Gasteiger partial charge in [0.2, 0.25) is 0 Å². The second-order valence-electron chi connectivity index (χ2n) is 2.88. The van der Waals surface area contributed by atoms with Gasteiger partial charge in [-0.05, 0) is 20.4 Å². The highest BCUT2D eigenvalue weighted by Crippen LogP contribution is 1.93. The van der Waals surface area contributed by atoms with Crippen LogP contribution >= 0.6 is 0 Å². The molecular weight excluding hydrogens is 168 g/mol. The Kier molecular flexibility index (Phi) is 7.39. The zero-order chi connectivity index (χ0) is 10.1. The van der Waals surface area contributed by atoms with E-state index in [2.05, 4.69) is 17.6 Å². The second-order valence-corrected chi connectivity index (χ2v) is 2.88. The van der Waals surface area contributed by atoms with Gasteiger partial charge in [0, 0.05) is 12.6 Å². The van der Waals surface area contributed by atoms with E-state index in [1.54, 1.807) is 6.92 Å². The number of ether oxygens (including phenoxy) is 1. The van der Waals surface area contributed by atoms with Crippen LogP contribution in [0.2, 0.25) is 0 Å². The zero-order valence-corrected chi connectivity index (χ0v) is 8.72. The van der Waals surface area contributed by atoms with Gasteiger partial charge in [-0.25, -0.2) is 4.79 Å². The number of rotatable bonds is 6. The fourth-order valence-corrected chi connectivity index (χ4v) is 1.09. The fraction of sp³-hybridized carbons (Fsp3) is 0.889. The van der Waals surface area contributed by atoms with Gasteiger partial charge in [0.15, 0.2) is 0 Å². The molecule has 0 bridgehead atoms. The Morgan fingerprint density at radius 2 is 2.15 bits per heavy atom. The molecule has 4 heteroatoms. The Balaban J connectivity index is 3.52. The van der Waals surface area contributed by atoms with Crippen molar-refractivity contribution >= 4 is 6.09 Å². The van der Waals surface area contributed by atoms with Crippen LogP contribution in [0.25, 0.3) is 0 Å². The number of nitrogens with one attached hydrogen (secondary N) is 2. The molecule has 0 aliphatic rings. The first-order chi connectivity index (χ1) is 6.24. The lowest BCUT2D eigenvalue weighted by molar-refractivity contribution is 0.151. The summed E-state index contributed by atoms with van der Waals surface area (Å²) in [5.74, 6) is 0. The monoisotopic (exact) mass is 188 g/mol. The molecule has 0 fully saturated rings. The van der Waals surface area contributed by atoms with Gasteiger partial charge in [-0.1, -0.05) is 13.3 Å². The van der Waals surface area contributed by atoms with E-state index < -0.39 is 0 Å². The summed E-state index contributed by atoms with van der Waals surface area (Å²) in [7, 11) is 1.90. The van der Waals surface area contributed by atoms with Crippen LogP contribution in [0.3, 0.4) is 0 Å². The van der Waals surface area contributed by atoms with Crippen molar-refractivity contribution in [2.45, 2.75) is 32.7 Å². The van der Waals surface area contributed by atoms with Crippen molar-refractivity contribution in [3.05, 3.63) is 0 Å². The smallest absolute Gasteiger partial charge is 0.407 e. The van der Waals surface area contributed by atoms with Gasteiger partial charge in [-0.2, -0.15) is 0 Å². The van der Waals surface area contributed by atoms with E-state index in [1.165, 1.54) is 0 Å². The third-order valence-electron chi connectivity index (χ3n) is 1.81. The molecule has 0 aliphatic carbocycles. The molecule has 1 unspecified atom stereocenters. The van der Waals surface area contributed by atoms with Crippen molar-refractivity contribution in [2.75, 3.05) is 20.2 Å². The minimum absolute atomic E-state index is 0.334. The maximum atomic E-state index is 10.9. The number of likely N-dealkylation sites (N-methyl/N-ethyl adjacent to an activating group) is 1. The maximum absolute atomic E-state index is 10.9. The second kappa shape index (κ2) is 7.86. The minimum Gasteiger partial charge on any atom is -0.450 e. The highest BCUT2D eigenvalue weighted by atomic mass is 16.5. The summed E-state index contributed by atoms with van der Waals surface area (Å²) in [6.07, 6.45) is 1.83. The van der Waals surface area contributed by atoms with Crippen LogP contribution in [-0.2, 0) is 4.74 Å². The first-order valence-corrected chi connectivity index (χ1v) is 4.82. The van der Waals surface area contributed by atoms with Crippen molar-refractivity contribution in [1.29, 1.82) is 0 Å². The largest absolute Gasteiger partial charge is 0.450 e. The third-order valence-corrected chi connectivity index (χ3v) is 1.81. The number of carbonyl (C=O) groups excluding carboxylic acids is 1. The number of alkyl carbamates (subject to hydrolysis) is 1. The van der Waals surface area contributed by atoms with Gasteiger partial charge in [0.05, 0.1) is 6.61 Å². The van der Waals surface area contributed by atoms with Crippen LogP contribution in [0.5, 0.6) is 0 Å². The van der Waals surface area contributed by atoms with E-state index >= 15 is 0 Å². The van der Waals surface area contributed by atoms with Crippen molar-refractivity contribution < 1.29 is 9.53 Å². The molecule has 0 saturated carbocycles. The predicted octanol–water partition coefficient (Wildman–Crippen LogP) is 1.12. The summed E-state index contributed by atoms with van der Waals surface area (Å²) < 4.78 is 4.74. The molecule has 13 heavy (non-hydrogen) atoms. The average Bonchev–Trinajstić information content (AvgIpc) is 2.12. The molecule has 1 amide bonds. The molecule has 0 aromatic rings. The van der Waals surface area contributed by atoms with Gasteiger partial charge >= 0.3 is 6.09 Å². The van der Waals surface area contributed by atoms with Crippen molar-refractivity contribution in [1.82, 2.24) is 10.6 Å². The van der Waals surface area contributed by atoms with Gasteiger partial charge in [-0.15, -0.1) is 0 Å². The molecule has 1 atom stereocenters. The van der Waals surface area contributed by atoms with E-state index in [0.29, 0.717) is 19.2 Å². The molecule has 4 nitrogen and oxygen atoms in total. The summed E-state index contributed by atoms with van der Waals surface area (Å²) in [6.45, 7) is 4.96. The first kappa shape index (κ1) is 12.2. The molecule has 0 spiro atoms. The molecule has 0 saturated heterocycles. The van der Waals surface area contributed by atoms with Gasteiger partial charge in [0.25, 0.3) is 0 Å². The molecule has 78 valence electrons. The Labute approximate surface area is 80.0 Å². The fourth-order valence-electron chi connectivity index (χ4n) is 1.09. The minimum atomic E-state index is -0.334. The summed E-state index contributed by atoms with van der Waals surface area (Å²) in [6, 6.07) is 0.342. The van der Waals surface area contributed by atoms with E-state index in [-0.39, 0.29) is 6.09 Å². The maximum Gasteiger partial charge on any atom is 0.407 e. The highest BCUT2D eigenvalue weighted by Gasteiger charge is 2.06. The van der Waals surface area contributed by atoms with Gasteiger partial charge in [0.1, 0.15) is 0 Å². The first-order valence-electron chi connectivity index (χ1n) is 4.82. The lowest BCUT2D eigenvalue weighted by Crippen LogP contribution is -2.39. The van der Waals surface area contributed by atoms with Crippen LogP contribution in [0.1, 0.15) is 26.7 Å². The lowest BCUT2D eigenvalue weighted by Gasteiger charge is -2.15. The van der Waals surface area contributed by atoms with E-state index in [0.717, 1.165) is 12.8 Å². The van der Waals surface area contributed by atoms with E-state index in [9.17, 15) is 4.79 Å². The van der Waals surface area contributed by atoms with Crippen LogP contribution in [0.15, 0.2) is 0 Å². The van der Waals surface area contributed by atoms with Crippen LogP contribution in [-0.4, -0.2) is 32.3 Å². The Morgan fingerprint density at radius 3 is 2.62 bits per heavy atom. The van der Waals surface area contributed by atoms with Gasteiger partial charge in [-0.3, -0.25) is 0 Å². The Hall–Kier alpha value is -0.770. The van der Waals surface area contributed by atoms with E-state index in [4.69, 9.17) is 4.74 Å². The number of amides is 1. The Morgan fingerprint density at radius 1 is 1.46 bits per heavy atom. The molecule has 0 aromatic carbocycles. The quantitative estimate of drug-likeness (QED) is 0.656. The molecule has 0 rings (SSSR count). The van der Waals surface area contributed by atoms with Crippen LogP contribution < -0.4 is 10.6 Å². The van der Waals surface area contributed by atoms with Crippen molar-refractivity contribution in [3.8, 4) is 0 Å². The topological polar surface area (TPSA) is 50.4 Å². The highest BCUT2D eigenvalue weighted by molar-refractivity contribution is 5.67. The summed E-state index contributed by atoms with van der Waals surface area (Å²) in [5.41, 5.74) is 0. The van der Waals surface area contributed by atoms with Crippen LogP contribution in [0.4, 0.5) is 4.79 Å². The number of hydrogen-bond acceptors (Lipinski definition) is 3. The number of hydrogen-bond donors (Lipinski definition) is 2. The molecule has 0 radical (unpaired) electrons. The third kappa shape index (κ3) is 6.40. The van der Waals surface area contributed by atoms with Crippen molar-refractivity contribution in [2.24, 2.45) is 0 Å². The molecule has 0 aliphatic heterocycles.